The molecule has 0 bridgehead atoms. The number of hydrogen-bond donors (Lipinski definition) is 1. The van der Waals surface area contributed by atoms with Crippen LogP contribution in [0.4, 0.5) is 11.4 Å². The van der Waals surface area contributed by atoms with Gasteiger partial charge in [0.25, 0.3) is 5.69 Å². The number of nitrogens with zero attached hydrogens (tertiary/aromatic N) is 2. The molecule has 0 fully saturated rings. The van der Waals surface area contributed by atoms with Gasteiger partial charge in [-0.15, -0.1) is 0 Å². The monoisotopic (exact) mass is 333 g/mol. The van der Waals surface area contributed by atoms with Gasteiger partial charge in [0, 0.05) is 16.6 Å². The van der Waals surface area contributed by atoms with Gasteiger partial charge in [-0.1, -0.05) is 34.1 Å². The Balaban J connectivity index is 2.14. The molecule has 2 aromatic rings. The van der Waals surface area contributed by atoms with E-state index in [0.29, 0.717) is 5.69 Å². The summed E-state index contributed by atoms with van der Waals surface area (Å²) in [5.41, 5.74) is 5.21. The molecule has 0 atom stereocenters. The molecule has 2 aromatic carbocycles. The van der Waals surface area contributed by atoms with Crippen LogP contribution >= 0.6 is 15.9 Å². The maximum absolute atomic E-state index is 10.7. The molecular weight excluding hydrogens is 322 g/mol. The van der Waals surface area contributed by atoms with Crippen LogP contribution in [-0.2, 0) is 0 Å². The summed E-state index contributed by atoms with van der Waals surface area (Å²) >= 11 is 3.37. The van der Waals surface area contributed by atoms with Crippen LogP contribution in [0, 0.1) is 10.1 Å². The van der Waals surface area contributed by atoms with Gasteiger partial charge in [-0.3, -0.25) is 15.5 Å². The van der Waals surface area contributed by atoms with E-state index in [1.54, 1.807) is 12.1 Å². The van der Waals surface area contributed by atoms with Crippen molar-refractivity contribution in [1.29, 1.82) is 0 Å². The number of non-ortho nitro benzene ring substituents is 1. The van der Waals surface area contributed by atoms with Crippen molar-refractivity contribution in [3.05, 3.63) is 68.7 Å². The van der Waals surface area contributed by atoms with Crippen LogP contribution in [-0.4, -0.2) is 10.6 Å². The van der Waals surface area contributed by atoms with Gasteiger partial charge in [0.1, 0.15) is 0 Å². The van der Waals surface area contributed by atoms with Crippen LogP contribution in [0.2, 0.25) is 0 Å². The lowest BCUT2D eigenvalue weighted by Gasteiger charge is -2.04. The van der Waals surface area contributed by atoms with Gasteiger partial charge in [0.05, 0.1) is 16.3 Å². The Labute approximate surface area is 124 Å². The smallest absolute Gasteiger partial charge is 0.271 e. The molecule has 0 radical (unpaired) electrons. The Morgan fingerprint density at radius 2 is 1.95 bits per heavy atom. The first-order valence-corrected chi connectivity index (χ1v) is 6.66. The Morgan fingerprint density at radius 1 is 1.25 bits per heavy atom. The van der Waals surface area contributed by atoms with E-state index in [1.165, 1.54) is 12.1 Å². The van der Waals surface area contributed by atoms with Crippen LogP contribution in [0.15, 0.2) is 58.1 Å². The van der Waals surface area contributed by atoms with Gasteiger partial charge >= 0.3 is 0 Å². The fourth-order valence-electron chi connectivity index (χ4n) is 1.59. The Morgan fingerprint density at radius 3 is 2.60 bits per heavy atom. The number of anilines is 1. The molecule has 102 valence electrons. The van der Waals surface area contributed by atoms with Gasteiger partial charge in [-0.25, -0.2) is 0 Å². The minimum absolute atomic E-state index is 0.0338. The Bertz CT molecular complexity index is 654. The van der Waals surface area contributed by atoms with E-state index in [0.717, 1.165) is 15.7 Å². The van der Waals surface area contributed by atoms with Crippen LogP contribution in [0.3, 0.4) is 0 Å². The maximum atomic E-state index is 10.7. The Kier molecular flexibility index (Phi) is 4.47. The lowest BCUT2D eigenvalue weighted by Crippen LogP contribution is -1.99. The normalized spacial score (nSPS) is 11.2. The molecule has 0 amide bonds. The van der Waals surface area contributed by atoms with Crippen molar-refractivity contribution in [2.75, 3.05) is 5.43 Å². The summed E-state index contributed by atoms with van der Waals surface area (Å²) in [6.45, 7) is 1.87. The van der Waals surface area contributed by atoms with Gasteiger partial charge in [0.2, 0.25) is 0 Å². The Hall–Kier alpha value is -2.21. The molecule has 20 heavy (non-hydrogen) atoms. The highest BCUT2D eigenvalue weighted by atomic mass is 79.9. The summed E-state index contributed by atoms with van der Waals surface area (Å²) in [5, 5.41) is 14.9. The van der Waals surface area contributed by atoms with Gasteiger partial charge in [-0.2, -0.15) is 5.10 Å². The predicted octanol–water partition coefficient (Wildman–Crippen LogP) is 4.19. The molecule has 0 aliphatic heterocycles. The van der Waals surface area contributed by atoms with Crippen LogP contribution in [0.25, 0.3) is 0 Å². The highest BCUT2D eigenvalue weighted by molar-refractivity contribution is 9.10. The summed E-state index contributed by atoms with van der Waals surface area (Å²) in [7, 11) is 0. The van der Waals surface area contributed by atoms with Crippen molar-refractivity contribution in [3.8, 4) is 0 Å². The van der Waals surface area contributed by atoms with Crippen LogP contribution < -0.4 is 5.43 Å². The molecule has 0 unspecified atom stereocenters. The number of nitrogens with one attached hydrogen (secondary N) is 1. The van der Waals surface area contributed by atoms with Crippen LogP contribution in [0.5, 0.6) is 0 Å². The molecule has 0 heterocycles. The average molecular weight is 334 g/mol. The summed E-state index contributed by atoms with van der Waals surface area (Å²) in [6.07, 6.45) is 0. The quantitative estimate of drug-likeness (QED) is 0.518. The first-order chi connectivity index (χ1) is 9.56. The van der Waals surface area contributed by atoms with Crippen molar-refractivity contribution in [2.45, 2.75) is 6.92 Å². The van der Waals surface area contributed by atoms with Crippen molar-refractivity contribution in [3.63, 3.8) is 0 Å². The molecule has 0 aliphatic rings. The SMILES string of the molecule is CC(=NNc1cccc([N+](=O)[O-])c1)c1ccc(Br)cc1. The third kappa shape index (κ3) is 3.64. The summed E-state index contributed by atoms with van der Waals surface area (Å²) in [4.78, 5) is 10.2. The molecule has 5 nitrogen and oxygen atoms in total. The first kappa shape index (κ1) is 14.2. The van der Waals surface area contributed by atoms with Crippen molar-refractivity contribution in [1.82, 2.24) is 0 Å². The zero-order valence-corrected chi connectivity index (χ0v) is 12.3. The highest BCUT2D eigenvalue weighted by Crippen LogP contribution is 2.17. The standard InChI is InChI=1S/C14H12BrN3O2/c1-10(11-5-7-12(15)8-6-11)16-17-13-3-2-4-14(9-13)18(19)20/h2-9,17H,1H3. The van der Waals surface area contributed by atoms with E-state index in [9.17, 15) is 10.1 Å². The lowest BCUT2D eigenvalue weighted by atomic mass is 10.1. The second kappa shape index (κ2) is 6.29. The van der Waals surface area contributed by atoms with E-state index < -0.39 is 4.92 Å². The molecule has 6 heteroatoms. The third-order valence-corrected chi connectivity index (χ3v) is 3.20. The number of rotatable bonds is 4. The van der Waals surface area contributed by atoms with Crippen LogP contribution in [0.1, 0.15) is 12.5 Å². The molecular formula is C14H12BrN3O2. The number of nitro benzene ring substituents is 1. The number of hydrogen-bond acceptors (Lipinski definition) is 4. The minimum Gasteiger partial charge on any atom is -0.278 e. The molecule has 0 aromatic heterocycles. The molecule has 1 N–H and O–H groups in total. The van der Waals surface area contributed by atoms with Crippen molar-refractivity contribution >= 4 is 33.0 Å². The summed E-state index contributed by atoms with van der Waals surface area (Å²) < 4.78 is 1.00. The fraction of sp³-hybridized carbons (Fsp3) is 0.0714. The highest BCUT2D eigenvalue weighted by Gasteiger charge is 2.05. The van der Waals surface area contributed by atoms with Gasteiger partial charge in [-0.05, 0) is 30.7 Å². The largest absolute Gasteiger partial charge is 0.278 e. The van der Waals surface area contributed by atoms with E-state index >= 15 is 0 Å². The number of benzene rings is 2. The molecule has 0 aliphatic carbocycles. The number of halogens is 1. The molecule has 0 saturated carbocycles. The van der Waals surface area contributed by atoms with E-state index in [-0.39, 0.29) is 5.69 Å². The molecule has 2 rings (SSSR count). The van der Waals surface area contributed by atoms with E-state index in [4.69, 9.17) is 0 Å². The number of hydrazone groups is 1. The third-order valence-electron chi connectivity index (χ3n) is 2.67. The minimum atomic E-state index is -0.434. The fourth-order valence-corrected chi connectivity index (χ4v) is 1.86. The second-order valence-electron chi connectivity index (χ2n) is 4.12. The molecule has 0 spiro atoms. The van der Waals surface area contributed by atoms with E-state index in [1.807, 2.05) is 31.2 Å². The van der Waals surface area contributed by atoms with Gasteiger partial charge in [0.15, 0.2) is 0 Å². The van der Waals surface area contributed by atoms with Gasteiger partial charge < -0.3 is 0 Å². The maximum Gasteiger partial charge on any atom is 0.271 e. The summed E-state index contributed by atoms with van der Waals surface area (Å²) in [5.74, 6) is 0. The zero-order chi connectivity index (χ0) is 14.5. The first-order valence-electron chi connectivity index (χ1n) is 5.87. The second-order valence-corrected chi connectivity index (χ2v) is 5.04. The lowest BCUT2D eigenvalue weighted by molar-refractivity contribution is -0.384. The molecule has 0 saturated heterocycles. The average Bonchev–Trinajstić information content (AvgIpc) is 2.46. The van der Waals surface area contributed by atoms with Crippen molar-refractivity contribution in [2.24, 2.45) is 5.10 Å². The predicted molar refractivity (Wildman–Crippen MR) is 83.1 cm³/mol. The topological polar surface area (TPSA) is 67.5 Å². The van der Waals surface area contributed by atoms with Crippen molar-refractivity contribution < 1.29 is 4.92 Å². The summed E-state index contributed by atoms with van der Waals surface area (Å²) in [6, 6.07) is 14.0. The van der Waals surface area contributed by atoms with E-state index in [2.05, 4.69) is 26.5 Å². The zero-order valence-electron chi connectivity index (χ0n) is 10.7. The number of nitro groups is 1.